The minimum absolute atomic E-state index is 0.164. The number of halogens is 1. The summed E-state index contributed by atoms with van der Waals surface area (Å²) < 4.78 is 0. The van der Waals surface area contributed by atoms with Gasteiger partial charge < -0.3 is 10.8 Å². The summed E-state index contributed by atoms with van der Waals surface area (Å²) in [4.78, 5) is 12.2. The van der Waals surface area contributed by atoms with Crippen LogP contribution in [0.15, 0.2) is 36.4 Å². The van der Waals surface area contributed by atoms with E-state index in [1.54, 1.807) is 24.3 Å². The first-order chi connectivity index (χ1) is 10.5. The molecule has 7 heteroatoms. The van der Waals surface area contributed by atoms with Crippen molar-refractivity contribution in [1.82, 2.24) is 5.32 Å². The number of aromatic hydroxyl groups is 1. The van der Waals surface area contributed by atoms with Gasteiger partial charge in [0.25, 0.3) is 5.91 Å². The SMILES string of the molecule is N#Cc1ccc(O)c(C(=O)NC(=N)N)c1-c1ccccc1Cl. The zero-order valence-electron chi connectivity index (χ0n) is 11.2. The molecule has 0 aromatic heterocycles. The van der Waals surface area contributed by atoms with Crippen LogP contribution in [0, 0.1) is 16.7 Å². The van der Waals surface area contributed by atoms with E-state index in [1.807, 2.05) is 6.07 Å². The van der Waals surface area contributed by atoms with E-state index in [1.165, 1.54) is 12.1 Å². The zero-order valence-corrected chi connectivity index (χ0v) is 12.0. The number of nitrogens with one attached hydrogen (secondary N) is 2. The first kappa shape index (κ1) is 15.4. The van der Waals surface area contributed by atoms with Crippen LogP contribution in [0.25, 0.3) is 11.1 Å². The van der Waals surface area contributed by atoms with Crippen LogP contribution in [0.1, 0.15) is 15.9 Å². The van der Waals surface area contributed by atoms with E-state index < -0.39 is 11.9 Å². The number of hydrogen-bond acceptors (Lipinski definition) is 4. The number of nitrogens with zero attached hydrogens (tertiary/aromatic N) is 1. The molecular formula is C15H11ClN4O2. The minimum atomic E-state index is -0.794. The lowest BCUT2D eigenvalue weighted by molar-refractivity contribution is 0.0974. The van der Waals surface area contributed by atoms with E-state index in [-0.39, 0.29) is 22.4 Å². The molecule has 0 unspecified atom stereocenters. The summed E-state index contributed by atoms with van der Waals surface area (Å²) in [5.41, 5.74) is 5.76. The maximum Gasteiger partial charge on any atom is 0.262 e. The zero-order chi connectivity index (χ0) is 16.3. The Kier molecular flexibility index (Phi) is 4.30. The number of phenols is 1. The molecule has 0 heterocycles. The highest BCUT2D eigenvalue weighted by atomic mass is 35.5. The lowest BCUT2D eigenvalue weighted by atomic mass is 9.93. The molecule has 2 rings (SSSR count). The predicted molar refractivity (Wildman–Crippen MR) is 82.6 cm³/mol. The monoisotopic (exact) mass is 314 g/mol. The van der Waals surface area contributed by atoms with Gasteiger partial charge in [-0.1, -0.05) is 29.8 Å². The van der Waals surface area contributed by atoms with E-state index in [4.69, 9.17) is 22.7 Å². The number of guanidine groups is 1. The largest absolute Gasteiger partial charge is 0.507 e. The summed E-state index contributed by atoms with van der Waals surface area (Å²) in [6.45, 7) is 0. The van der Waals surface area contributed by atoms with Crippen molar-refractivity contribution >= 4 is 23.5 Å². The summed E-state index contributed by atoms with van der Waals surface area (Å²) >= 11 is 6.13. The number of nitriles is 1. The van der Waals surface area contributed by atoms with Crippen LogP contribution in [-0.4, -0.2) is 17.0 Å². The summed E-state index contributed by atoms with van der Waals surface area (Å²) in [5, 5.41) is 28.8. The number of carbonyl (C=O) groups excluding carboxylic acids is 1. The molecule has 2 aromatic carbocycles. The molecule has 0 bridgehead atoms. The smallest absolute Gasteiger partial charge is 0.262 e. The van der Waals surface area contributed by atoms with Crippen molar-refractivity contribution in [2.75, 3.05) is 0 Å². The molecule has 0 aliphatic carbocycles. The van der Waals surface area contributed by atoms with E-state index in [0.717, 1.165) is 0 Å². The summed E-state index contributed by atoms with van der Waals surface area (Å²) in [6.07, 6.45) is 0. The van der Waals surface area contributed by atoms with Crippen LogP contribution < -0.4 is 11.1 Å². The molecule has 1 amide bonds. The third kappa shape index (κ3) is 2.85. The van der Waals surface area contributed by atoms with Crippen LogP contribution >= 0.6 is 11.6 Å². The number of phenolic OH excluding ortho intramolecular Hbond substituents is 1. The molecule has 0 saturated heterocycles. The number of rotatable bonds is 2. The van der Waals surface area contributed by atoms with E-state index in [2.05, 4.69) is 5.32 Å². The van der Waals surface area contributed by atoms with Gasteiger partial charge in [0, 0.05) is 16.1 Å². The summed E-state index contributed by atoms with van der Waals surface area (Å²) in [5.74, 6) is -1.71. The molecular weight excluding hydrogens is 304 g/mol. The number of nitrogens with two attached hydrogens (primary N) is 1. The highest BCUT2D eigenvalue weighted by Gasteiger charge is 2.22. The second kappa shape index (κ2) is 6.16. The fourth-order valence-electron chi connectivity index (χ4n) is 2.04. The second-order valence-corrected chi connectivity index (χ2v) is 4.75. The Morgan fingerprint density at radius 3 is 2.59 bits per heavy atom. The first-order valence-corrected chi connectivity index (χ1v) is 6.49. The third-order valence-corrected chi connectivity index (χ3v) is 3.25. The van der Waals surface area contributed by atoms with Crippen LogP contribution in [0.4, 0.5) is 0 Å². The van der Waals surface area contributed by atoms with Gasteiger partial charge in [0.2, 0.25) is 0 Å². The molecule has 0 radical (unpaired) electrons. The van der Waals surface area contributed by atoms with E-state index >= 15 is 0 Å². The normalized spacial score (nSPS) is 9.82. The Morgan fingerprint density at radius 2 is 2.00 bits per heavy atom. The third-order valence-electron chi connectivity index (χ3n) is 2.92. The lowest BCUT2D eigenvalue weighted by Crippen LogP contribution is -2.36. The lowest BCUT2D eigenvalue weighted by Gasteiger charge is -2.14. The Labute approximate surface area is 131 Å². The van der Waals surface area contributed by atoms with Gasteiger partial charge in [0.1, 0.15) is 5.75 Å². The highest BCUT2D eigenvalue weighted by molar-refractivity contribution is 6.33. The van der Waals surface area contributed by atoms with Gasteiger partial charge in [0.15, 0.2) is 5.96 Å². The van der Waals surface area contributed by atoms with Crippen LogP contribution in [0.3, 0.4) is 0 Å². The van der Waals surface area contributed by atoms with Gasteiger partial charge in [-0.05, 0) is 18.2 Å². The number of carbonyl (C=O) groups is 1. The van der Waals surface area contributed by atoms with Crippen LogP contribution in [0.2, 0.25) is 5.02 Å². The van der Waals surface area contributed by atoms with E-state index in [9.17, 15) is 15.2 Å². The number of amides is 1. The van der Waals surface area contributed by atoms with Crippen molar-refractivity contribution in [3.05, 3.63) is 52.5 Å². The van der Waals surface area contributed by atoms with Gasteiger partial charge in [-0.3, -0.25) is 15.5 Å². The number of hydrogen-bond donors (Lipinski definition) is 4. The average molecular weight is 315 g/mol. The van der Waals surface area contributed by atoms with Gasteiger partial charge in [-0.15, -0.1) is 0 Å². The Balaban J connectivity index is 2.78. The predicted octanol–water partition coefficient (Wildman–Crippen LogP) is 2.21. The standard InChI is InChI=1S/C15H11ClN4O2/c16-10-4-2-1-3-9(10)12-8(7-17)5-6-11(21)13(12)14(22)20-15(18)19/h1-6,21H,(H4,18,19,20,22). The maximum atomic E-state index is 12.2. The molecule has 0 aliphatic rings. The van der Waals surface area contributed by atoms with Crippen molar-refractivity contribution in [3.8, 4) is 22.9 Å². The molecule has 6 nitrogen and oxygen atoms in total. The van der Waals surface area contributed by atoms with Crippen LogP contribution in [0.5, 0.6) is 5.75 Å². The fraction of sp³-hybridized carbons (Fsp3) is 0. The molecule has 22 heavy (non-hydrogen) atoms. The summed E-state index contributed by atoms with van der Waals surface area (Å²) in [7, 11) is 0. The second-order valence-electron chi connectivity index (χ2n) is 4.34. The molecule has 0 fully saturated rings. The van der Waals surface area contributed by atoms with Crippen molar-refractivity contribution in [2.24, 2.45) is 5.73 Å². The topological polar surface area (TPSA) is 123 Å². The van der Waals surface area contributed by atoms with Crippen molar-refractivity contribution in [2.45, 2.75) is 0 Å². The summed E-state index contributed by atoms with van der Waals surface area (Å²) in [6, 6.07) is 11.2. The molecule has 0 aliphatic heterocycles. The van der Waals surface area contributed by atoms with Gasteiger partial charge in [-0.25, -0.2) is 0 Å². The average Bonchev–Trinajstić information content (AvgIpc) is 2.46. The van der Waals surface area contributed by atoms with Crippen LogP contribution in [-0.2, 0) is 0 Å². The van der Waals surface area contributed by atoms with Gasteiger partial charge in [0.05, 0.1) is 17.2 Å². The van der Waals surface area contributed by atoms with Gasteiger partial charge in [-0.2, -0.15) is 5.26 Å². The quantitative estimate of drug-likeness (QED) is 0.501. The maximum absolute atomic E-state index is 12.2. The molecule has 0 spiro atoms. The van der Waals surface area contributed by atoms with Crippen molar-refractivity contribution < 1.29 is 9.90 Å². The molecule has 5 N–H and O–H groups in total. The van der Waals surface area contributed by atoms with Crippen molar-refractivity contribution in [1.29, 1.82) is 10.7 Å². The molecule has 0 saturated carbocycles. The highest BCUT2D eigenvalue weighted by Crippen LogP contribution is 2.36. The van der Waals surface area contributed by atoms with Crippen molar-refractivity contribution in [3.63, 3.8) is 0 Å². The molecule has 0 atom stereocenters. The fourth-order valence-corrected chi connectivity index (χ4v) is 2.27. The Morgan fingerprint density at radius 1 is 1.32 bits per heavy atom. The molecule has 110 valence electrons. The minimum Gasteiger partial charge on any atom is -0.507 e. The van der Waals surface area contributed by atoms with E-state index in [0.29, 0.717) is 10.6 Å². The number of benzene rings is 2. The first-order valence-electron chi connectivity index (χ1n) is 6.12. The molecule has 2 aromatic rings. The Bertz CT molecular complexity index is 812. The Hall–Kier alpha value is -3.04. The van der Waals surface area contributed by atoms with Gasteiger partial charge >= 0.3 is 0 Å².